The second-order valence-electron chi connectivity index (χ2n) is 7.19. The first-order valence-corrected chi connectivity index (χ1v) is 9.07. The number of likely N-dealkylation sites (tertiary alicyclic amines) is 1. The van der Waals surface area contributed by atoms with Gasteiger partial charge in [-0.25, -0.2) is 9.18 Å². The van der Waals surface area contributed by atoms with Crippen molar-refractivity contribution in [2.75, 3.05) is 13.1 Å². The number of nitrogens with zero attached hydrogens (tertiary/aromatic N) is 2. The lowest BCUT2D eigenvalue weighted by molar-refractivity contribution is 0.0899. The summed E-state index contributed by atoms with van der Waals surface area (Å²) < 4.78 is 29.1. The van der Waals surface area contributed by atoms with E-state index >= 15 is 0 Å². The molecule has 8 nitrogen and oxygen atoms in total. The first-order chi connectivity index (χ1) is 13.5. The molecule has 2 N–H and O–H groups in total. The Bertz CT molecular complexity index is 855. The van der Waals surface area contributed by atoms with Gasteiger partial charge >= 0.3 is 6.09 Å². The molecule has 0 bridgehead atoms. The van der Waals surface area contributed by atoms with Gasteiger partial charge in [-0.15, -0.1) is 0 Å². The molecule has 1 aromatic heterocycles. The molecule has 1 aliphatic heterocycles. The molecule has 148 valence electrons. The van der Waals surface area contributed by atoms with Gasteiger partial charge in [0, 0.05) is 19.2 Å². The second kappa shape index (κ2) is 7.49. The smallest absolute Gasteiger partial charge is 0.410 e. The van der Waals surface area contributed by atoms with Crippen LogP contribution in [0, 0.1) is 17.7 Å². The molecule has 2 aliphatic rings. The van der Waals surface area contributed by atoms with Crippen LogP contribution in [0.2, 0.25) is 0 Å². The normalized spacial score (nSPS) is 23.5. The number of hydrogen-bond donors (Lipinski definition) is 1. The van der Waals surface area contributed by atoms with Crippen LogP contribution >= 0.6 is 0 Å². The lowest BCUT2D eigenvalue weighted by Crippen LogP contribution is -2.31. The van der Waals surface area contributed by atoms with Crippen LogP contribution in [0.3, 0.4) is 0 Å². The zero-order valence-corrected chi connectivity index (χ0v) is 15.0. The largest absolute Gasteiger partial charge is 0.490 e. The summed E-state index contributed by atoms with van der Waals surface area (Å²) in [5, 5.41) is 3.50. The quantitative estimate of drug-likeness (QED) is 0.841. The number of aromatic nitrogens is 1. The average molecular weight is 389 g/mol. The van der Waals surface area contributed by atoms with Gasteiger partial charge in [0.1, 0.15) is 11.6 Å². The van der Waals surface area contributed by atoms with Crippen molar-refractivity contribution in [3.8, 4) is 5.75 Å². The number of carbonyl (C=O) groups excluding carboxylic acids is 2. The fourth-order valence-corrected chi connectivity index (χ4v) is 3.92. The molecule has 1 saturated carbocycles. The Labute approximate surface area is 160 Å². The van der Waals surface area contributed by atoms with Crippen molar-refractivity contribution in [1.29, 1.82) is 0 Å². The van der Waals surface area contributed by atoms with E-state index in [1.54, 1.807) is 17.0 Å². The summed E-state index contributed by atoms with van der Waals surface area (Å²) in [4.78, 5) is 24.9. The highest BCUT2D eigenvalue weighted by atomic mass is 19.1. The van der Waals surface area contributed by atoms with Gasteiger partial charge in [0.15, 0.2) is 18.1 Å². The zero-order chi connectivity index (χ0) is 19.7. The zero-order valence-electron chi connectivity index (χ0n) is 15.0. The van der Waals surface area contributed by atoms with Crippen LogP contribution in [0.15, 0.2) is 34.9 Å². The number of ether oxygens (including phenoxy) is 2. The Balaban J connectivity index is 1.24. The fraction of sp³-hybridized carbons (Fsp3) is 0.421. The number of benzene rings is 1. The summed E-state index contributed by atoms with van der Waals surface area (Å²) in [6.07, 6.45) is 1.33. The molecule has 1 aromatic carbocycles. The Morgan fingerprint density at radius 2 is 1.89 bits per heavy atom. The minimum Gasteiger partial charge on any atom is -0.490 e. The molecule has 4 rings (SSSR count). The van der Waals surface area contributed by atoms with Crippen LogP contribution in [0.4, 0.5) is 9.18 Å². The van der Waals surface area contributed by atoms with Crippen molar-refractivity contribution in [2.45, 2.75) is 25.6 Å². The second-order valence-corrected chi connectivity index (χ2v) is 7.19. The van der Waals surface area contributed by atoms with Gasteiger partial charge in [-0.05, 0) is 48.9 Å². The summed E-state index contributed by atoms with van der Waals surface area (Å²) >= 11 is 0. The topological polar surface area (TPSA) is 108 Å². The first-order valence-electron chi connectivity index (χ1n) is 9.07. The van der Waals surface area contributed by atoms with Crippen LogP contribution in [-0.2, 0) is 11.3 Å². The summed E-state index contributed by atoms with van der Waals surface area (Å²) in [7, 11) is 0. The minimum atomic E-state index is -0.703. The van der Waals surface area contributed by atoms with Crippen LogP contribution in [0.1, 0.15) is 29.1 Å². The monoisotopic (exact) mass is 389 g/mol. The van der Waals surface area contributed by atoms with Crippen LogP contribution in [-0.4, -0.2) is 41.3 Å². The third kappa shape index (κ3) is 3.92. The van der Waals surface area contributed by atoms with Crippen LogP contribution in [0.5, 0.6) is 5.75 Å². The van der Waals surface area contributed by atoms with Crippen molar-refractivity contribution < 1.29 is 28.0 Å². The van der Waals surface area contributed by atoms with Crippen molar-refractivity contribution in [2.24, 2.45) is 17.6 Å². The maximum atomic E-state index is 13.0. The molecule has 28 heavy (non-hydrogen) atoms. The van der Waals surface area contributed by atoms with Gasteiger partial charge in [0.05, 0.1) is 6.10 Å². The number of primary amides is 1. The highest BCUT2D eigenvalue weighted by Crippen LogP contribution is 2.40. The lowest BCUT2D eigenvalue weighted by atomic mass is 10.0. The van der Waals surface area contributed by atoms with E-state index in [4.69, 9.17) is 19.7 Å². The standard InChI is InChI=1S/C19H20FN3O5/c20-13-1-3-14(4-2-13)27-15-5-11-8-23(9-12(11)6-15)19(25)26-10-16-7-17(18(21)24)22-28-16/h1-4,7,11-12,15H,5-6,8-10H2,(H2,21,24)/t11-,12+,15-. The minimum absolute atomic E-state index is 0.00560. The van der Waals surface area contributed by atoms with Gasteiger partial charge in [-0.2, -0.15) is 0 Å². The van der Waals surface area contributed by atoms with Crippen molar-refractivity contribution >= 4 is 12.0 Å². The average Bonchev–Trinajstić information content (AvgIpc) is 3.36. The molecular weight excluding hydrogens is 369 g/mol. The summed E-state index contributed by atoms with van der Waals surface area (Å²) in [6, 6.07) is 7.36. The number of fused-ring (bicyclic) bond motifs is 1. The van der Waals surface area contributed by atoms with E-state index in [0.717, 1.165) is 12.8 Å². The first kappa shape index (κ1) is 18.3. The summed E-state index contributed by atoms with van der Waals surface area (Å²) in [5.74, 6) is 0.626. The number of rotatable bonds is 5. The van der Waals surface area contributed by atoms with Gasteiger partial charge in [0.2, 0.25) is 0 Å². The van der Waals surface area contributed by atoms with E-state index in [1.165, 1.54) is 18.2 Å². The van der Waals surface area contributed by atoms with Gasteiger partial charge < -0.3 is 24.6 Å². The molecule has 2 fully saturated rings. The molecule has 0 radical (unpaired) electrons. The van der Waals surface area contributed by atoms with Crippen molar-refractivity contribution in [3.05, 3.63) is 47.6 Å². The lowest BCUT2D eigenvalue weighted by Gasteiger charge is -2.19. The van der Waals surface area contributed by atoms with Gasteiger partial charge in [-0.3, -0.25) is 4.79 Å². The van der Waals surface area contributed by atoms with E-state index in [9.17, 15) is 14.0 Å². The van der Waals surface area contributed by atoms with Crippen molar-refractivity contribution in [1.82, 2.24) is 10.1 Å². The number of amides is 2. The maximum absolute atomic E-state index is 13.0. The Morgan fingerprint density at radius 1 is 1.21 bits per heavy atom. The number of carbonyl (C=O) groups is 2. The third-order valence-corrected chi connectivity index (χ3v) is 5.23. The van der Waals surface area contributed by atoms with Crippen LogP contribution in [0.25, 0.3) is 0 Å². The fourth-order valence-electron chi connectivity index (χ4n) is 3.92. The molecular formula is C19H20FN3O5. The molecule has 1 aliphatic carbocycles. The number of hydrogen-bond acceptors (Lipinski definition) is 6. The van der Waals surface area contributed by atoms with E-state index in [1.807, 2.05) is 0 Å². The Hall–Kier alpha value is -3.10. The molecule has 9 heteroatoms. The molecule has 2 amide bonds. The molecule has 0 spiro atoms. The van der Waals surface area contributed by atoms with Crippen LogP contribution < -0.4 is 10.5 Å². The predicted molar refractivity (Wildman–Crippen MR) is 93.8 cm³/mol. The summed E-state index contributed by atoms with van der Waals surface area (Å²) in [5.41, 5.74) is 5.09. The maximum Gasteiger partial charge on any atom is 0.410 e. The highest BCUT2D eigenvalue weighted by molar-refractivity contribution is 5.90. The van der Waals surface area contributed by atoms with Gasteiger partial charge in [0.25, 0.3) is 5.91 Å². The Kier molecular flexibility index (Phi) is 4.89. The molecule has 2 heterocycles. The van der Waals surface area contributed by atoms with Gasteiger partial charge in [-0.1, -0.05) is 5.16 Å². The molecule has 0 unspecified atom stereocenters. The van der Waals surface area contributed by atoms with E-state index in [0.29, 0.717) is 30.7 Å². The van der Waals surface area contributed by atoms with Crippen molar-refractivity contribution in [3.63, 3.8) is 0 Å². The number of halogens is 1. The van der Waals surface area contributed by atoms with E-state index in [-0.39, 0.29) is 30.0 Å². The SMILES string of the molecule is NC(=O)c1cc(COC(=O)N2C[C@H]3C[C@@H](Oc4ccc(F)cc4)C[C@H]3C2)on1. The predicted octanol–water partition coefficient (Wildman–Crippen LogP) is 2.34. The van der Waals surface area contributed by atoms with E-state index in [2.05, 4.69) is 5.16 Å². The number of nitrogens with two attached hydrogens (primary N) is 1. The summed E-state index contributed by atoms with van der Waals surface area (Å²) in [6.45, 7) is 1.10. The molecule has 3 atom stereocenters. The third-order valence-electron chi connectivity index (χ3n) is 5.23. The van der Waals surface area contributed by atoms with E-state index < -0.39 is 12.0 Å². The molecule has 1 saturated heterocycles. The molecule has 2 aromatic rings. The highest BCUT2D eigenvalue weighted by Gasteiger charge is 2.43. The Morgan fingerprint density at radius 3 is 2.50 bits per heavy atom.